The monoisotopic (exact) mass is 184 g/mol. The van der Waals surface area contributed by atoms with Gasteiger partial charge in [0.25, 0.3) is 0 Å². The zero-order chi connectivity index (χ0) is 8.39. The number of epoxide rings is 1. The molecule has 64 valence electrons. The van der Waals surface area contributed by atoms with Crippen molar-refractivity contribution in [2.45, 2.75) is 6.10 Å². The van der Waals surface area contributed by atoms with E-state index in [4.69, 9.17) is 9.47 Å². The van der Waals surface area contributed by atoms with Crippen molar-refractivity contribution in [1.29, 1.82) is 0 Å². The molecule has 12 heavy (non-hydrogen) atoms. The predicted octanol–water partition coefficient (Wildman–Crippen LogP) is 1.30. The van der Waals surface area contributed by atoms with Gasteiger partial charge in [0.05, 0.1) is 6.61 Å². The van der Waals surface area contributed by atoms with E-state index in [1.54, 1.807) is 6.07 Å². The molecule has 0 spiro atoms. The smallest absolute Gasteiger partial charge is 0.348 e. The van der Waals surface area contributed by atoms with Gasteiger partial charge in [-0.25, -0.2) is 4.79 Å². The third-order valence-corrected chi connectivity index (χ3v) is 2.37. The van der Waals surface area contributed by atoms with Crippen LogP contribution in [0.1, 0.15) is 9.67 Å². The highest BCUT2D eigenvalue weighted by atomic mass is 32.1. The number of thiophene rings is 1. The Hall–Kier alpha value is -0.870. The Kier molecular flexibility index (Phi) is 2.10. The van der Waals surface area contributed by atoms with E-state index in [2.05, 4.69) is 0 Å². The first kappa shape index (κ1) is 7.76. The molecule has 2 heterocycles. The summed E-state index contributed by atoms with van der Waals surface area (Å²) in [5.74, 6) is -0.250. The minimum Gasteiger partial charge on any atom is -0.459 e. The minimum atomic E-state index is -0.250. The van der Waals surface area contributed by atoms with Gasteiger partial charge in [-0.2, -0.15) is 0 Å². The molecule has 1 aliphatic heterocycles. The van der Waals surface area contributed by atoms with Crippen molar-refractivity contribution in [1.82, 2.24) is 0 Å². The number of rotatable bonds is 3. The maximum Gasteiger partial charge on any atom is 0.348 e. The third-order valence-electron chi connectivity index (χ3n) is 1.53. The molecule has 0 aliphatic carbocycles. The molecule has 4 heteroatoms. The van der Waals surface area contributed by atoms with Crippen LogP contribution in [0.2, 0.25) is 0 Å². The molecule has 0 aromatic carbocycles. The van der Waals surface area contributed by atoms with Crippen LogP contribution in [0, 0.1) is 0 Å². The van der Waals surface area contributed by atoms with E-state index in [0.717, 1.165) is 6.61 Å². The molecule has 1 saturated heterocycles. The molecule has 0 bridgehead atoms. The lowest BCUT2D eigenvalue weighted by molar-refractivity contribution is 0.0482. The van der Waals surface area contributed by atoms with Gasteiger partial charge in [0.1, 0.15) is 17.6 Å². The predicted molar refractivity (Wildman–Crippen MR) is 44.3 cm³/mol. The van der Waals surface area contributed by atoms with Crippen molar-refractivity contribution in [3.8, 4) is 0 Å². The quantitative estimate of drug-likeness (QED) is 0.525. The average molecular weight is 184 g/mol. The molecule has 0 amide bonds. The van der Waals surface area contributed by atoms with Gasteiger partial charge in [-0.1, -0.05) is 6.07 Å². The summed E-state index contributed by atoms with van der Waals surface area (Å²) in [7, 11) is 0. The van der Waals surface area contributed by atoms with Gasteiger partial charge in [0.2, 0.25) is 0 Å². The Morgan fingerprint density at radius 2 is 2.67 bits per heavy atom. The second-order valence-corrected chi connectivity index (χ2v) is 3.48. The Labute approximate surface area is 73.9 Å². The molecule has 1 fully saturated rings. The first-order valence-electron chi connectivity index (χ1n) is 3.68. The maximum absolute atomic E-state index is 11.2. The average Bonchev–Trinajstić information content (AvgIpc) is 2.74. The Morgan fingerprint density at radius 1 is 1.83 bits per heavy atom. The largest absolute Gasteiger partial charge is 0.459 e. The summed E-state index contributed by atoms with van der Waals surface area (Å²) >= 11 is 1.39. The minimum absolute atomic E-state index is 0.147. The lowest BCUT2D eigenvalue weighted by Crippen LogP contribution is -2.08. The van der Waals surface area contributed by atoms with Gasteiger partial charge in [0.15, 0.2) is 0 Å². The molecule has 1 atom stereocenters. The highest BCUT2D eigenvalue weighted by molar-refractivity contribution is 7.11. The van der Waals surface area contributed by atoms with E-state index in [0.29, 0.717) is 11.5 Å². The topological polar surface area (TPSA) is 38.8 Å². The van der Waals surface area contributed by atoms with Crippen molar-refractivity contribution < 1.29 is 14.3 Å². The normalized spacial score (nSPS) is 20.5. The second kappa shape index (κ2) is 3.25. The van der Waals surface area contributed by atoms with E-state index >= 15 is 0 Å². The highest BCUT2D eigenvalue weighted by Gasteiger charge is 2.24. The van der Waals surface area contributed by atoms with Crippen LogP contribution in [0.4, 0.5) is 0 Å². The molecule has 3 nitrogen and oxygen atoms in total. The third kappa shape index (κ3) is 1.84. The van der Waals surface area contributed by atoms with Crippen molar-refractivity contribution in [3.05, 3.63) is 22.4 Å². The van der Waals surface area contributed by atoms with Crippen molar-refractivity contribution in [2.75, 3.05) is 13.2 Å². The van der Waals surface area contributed by atoms with Crippen LogP contribution < -0.4 is 0 Å². The fourth-order valence-electron chi connectivity index (χ4n) is 0.799. The van der Waals surface area contributed by atoms with Crippen LogP contribution in [0.3, 0.4) is 0 Å². The fraction of sp³-hybridized carbons (Fsp3) is 0.375. The number of carbonyl (C=O) groups excluding carboxylic acids is 1. The lowest BCUT2D eigenvalue weighted by Gasteiger charge is -1.98. The van der Waals surface area contributed by atoms with Gasteiger partial charge >= 0.3 is 5.97 Å². The molecular formula is C8H8O3S. The standard InChI is InChI=1S/C8H8O3S/c9-8(7-2-1-3-12-7)11-5-6-4-10-6/h1-3,6H,4-5H2/t6-/m1/s1. The van der Waals surface area contributed by atoms with Gasteiger partial charge in [-0.15, -0.1) is 11.3 Å². The summed E-state index contributed by atoms with van der Waals surface area (Å²) in [4.78, 5) is 11.8. The van der Waals surface area contributed by atoms with Gasteiger partial charge in [-0.05, 0) is 11.4 Å². The highest BCUT2D eigenvalue weighted by Crippen LogP contribution is 2.13. The summed E-state index contributed by atoms with van der Waals surface area (Å²) in [6, 6.07) is 3.58. The van der Waals surface area contributed by atoms with Crippen LogP contribution in [0.15, 0.2) is 17.5 Å². The van der Waals surface area contributed by atoms with Crippen LogP contribution in [-0.4, -0.2) is 25.3 Å². The van der Waals surface area contributed by atoms with E-state index in [1.165, 1.54) is 11.3 Å². The Balaban J connectivity index is 1.83. The summed E-state index contributed by atoms with van der Waals surface area (Å²) < 4.78 is 9.86. The number of ether oxygens (including phenoxy) is 2. The first-order valence-corrected chi connectivity index (χ1v) is 4.56. The van der Waals surface area contributed by atoms with E-state index in [-0.39, 0.29) is 12.1 Å². The Morgan fingerprint density at radius 3 is 3.25 bits per heavy atom. The SMILES string of the molecule is O=C(OC[C@H]1CO1)c1cccs1. The van der Waals surface area contributed by atoms with Crippen molar-refractivity contribution in [2.24, 2.45) is 0 Å². The molecular weight excluding hydrogens is 176 g/mol. The van der Waals surface area contributed by atoms with E-state index < -0.39 is 0 Å². The lowest BCUT2D eigenvalue weighted by atomic mass is 10.5. The van der Waals surface area contributed by atoms with Gasteiger partial charge in [-0.3, -0.25) is 0 Å². The molecule has 1 aromatic rings. The van der Waals surface area contributed by atoms with Crippen LogP contribution in [0.25, 0.3) is 0 Å². The summed E-state index contributed by atoms with van der Waals surface area (Å²) in [5, 5.41) is 1.85. The fourth-order valence-corrected chi connectivity index (χ4v) is 1.41. The Bertz CT molecular complexity index is 264. The molecule has 1 aromatic heterocycles. The molecule has 0 radical (unpaired) electrons. The second-order valence-electron chi connectivity index (χ2n) is 2.53. The summed E-state index contributed by atoms with van der Waals surface area (Å²) in [6.07, 6.45) is 0.147. The summed E-state index contributed by atoms with van der Waals surface area (Å²) in [5.41, 5.74) is 0. The molecule has 0 unspecified atom stereocenters. The molecule has 2 rings (SSSR count). The molecule has 0 N–H and O–H groups in total. The number of hydrogen-bond donors (Lipinski definition) is 0. The van der Waals surface area contributed by atoms with Crippen LogP contribution in [0.5, 0.6) is 0 Å². The maximum atomic E-state index is 11.2. The zero-order valence-corrected chi connectivity index (χ0v) is 7.17. The summed E-state index contributed by atoms with van der Waals surface area (Å²) in [6.45, 7) is 1.11. The van der Waals surface area contributed by atoms with Crippen LogP contribution >= 0.6 is 11.3 Å². The number of esters is 1. The van der Waals surface area contributed by atoms with Crippen molar-refractivity contribution >= 4 is 17.3 Å². The number of hydrogen-bond acceptors (Lipinski definition) is 4. The van der Waals surface area contributed by atoms with Crippen LogP contribution in [-0.2, 0) is 9.47 Å². The van der Waals surface area contributed by atoms with Gasteiger partial charge < -0.3 is 9.47 Å². The van der Waals surface area contributed by atoms with E-state index in [1.807, 2.05) is 11.4 Å². The van der Waals surface area contributed by atoms with Gasteiger partial charge in [0, 0.05) is 0 Å². The molecule has 0 saturated carbocycles. The zero-order valence-electron chi connectivity index (χ0n) is 6.36. The van der Waals surface area contributed by atoms with Crippen molar-refractivity contribution in [3.63, 3.8) is 0 Å². The van der Waals surface area contributed by atoms with E-state index in [9.17, 15) is 4.79 Å². The number of carbonyl (C=O) groups is 1. The first-order chi connectivity index (χ1) is 5.86. The molecule has 1 aliphatic rings.